The molecule has 2 rings (SSSR count). The Bertz CT molecular complexity index is 722. The van der Waals surface area contributed by atoms with E-state index in [0.29, 0.717) is 30.0 Å². The summed E-state index contributed by atoms with van der Waals surface area (Å²) in [6.07, 6.45) is 0. The SMILES string of the molecule is Cc1cc(C(=O)N(C)CCOc2cccc(Cl)c2)c(C)n1C(C)C. The first-order valence-electron chi connectivity index (χ1n) is 8.13. The van der Waals surface area contributed by atoms with Crippen molar-refractivity contribution in [1.82, 2.24) is 9.47 Å². The van der Waals surface area contributed by atoms with Crippen molar-refractivity contribution >= 4 is 17.5 Å². The van der Waals surface area contributed by atoms with Crippen molar-refractivity contribution in [3.8, 4) is 5.75 Å². The van der Waals surface area contributed by atoms with E-state index >= 15 is 0 Å². The van der Waals surface area contributed by atoms with Crippen molar-refractivity contribution in [3.63, 3.8) is 0 Å². The van der Waals surface area contributed by atoms with Gasteiger partial charge in [0.2, 0.25) is 0 Å². The second-order valence-corrected chi connectivity index (χ2v) is 6.72. The van der Waals surface area contributed by atoms with Crippen LogP contribution in [-0.2, 0) is 0 Å². The lowest BCUT2D eigenvalue weighted by Crippen LogP contribution is -2.31. The number of nitrogens with zero attached hydrogens (tertiary/aromatic N) is 2. The van der Waals surface area contributed by atoms with Crippen LogP contribution in [0.5, 0.6) is 5.75 Å². The average Bonchev–Trinajstić information content (AvgIpc) is 2.81. The van der Waals surface area contributed by atoms with Crippen molar-refractivity contribution in [2.24, 2.45) is 0 Å². The first-order valence-corrected chi connectivity index (χ1v) is 8.51. The minimum absolute atomic E-state index is 0.0182. The molecule has 2 aromatic rings. The predicted octanol–water partition coefficient (Wildman–Crippen LogP) is 4.49. The second-order valence-electron chi connectivity index (χ2n) is 6.28. The van der Waals surface area contributed by atoms with Gasteiger partial charge in [-0.1, -0.05) is 17.7 Å². The summed E-state index contributed by atoms with van der Waals surface area (Å²) in [5.74, 6) is 0.728. The van der Waals surface area contributed by atoms with Crippen molar-refractivity contribution in [2.45, 2.75) is 33.7 Å². The zero-order valence-corrected chi connectivity index (χ0v) is 15.7. The molecule has 0 spiro atoms. The third kappa shape index (κ3) is 4.12. The molecule has 0 saturated carbocycles. The number of benzene rings is 1. The molecular formula is C19H25ClN2O2. The summed E-state index contributed by atoms with van der Waals surface area (Å²) in [5, 5.41) is 0.637. The molecule has 0 atom stereocenters. The Hall–Kier alpha value is -1.94. The molecule has 0 aliphatic heterocycles. The molecule has 5 heteroatoms. The number of carbonyl (C=O) groups excluding carboxylic acids is 1. The number of hydrogen-bond donors (Lipinski definition) is 0. The number of carbonyl (C=O) groups is 1. The van der Waals surface area contributed by atoms with E-state index in [0.717, 1.165) is 17.0 Å². The molecule has 0 aliphatic rings. The molecule has 1 amide bonds. The van der Waals surface area contributed by atoms with Crippen molar-refractivity contribution in [1.29, 1.82) is 0 Å². The highest BCUT2D eigenvalue weighted by molar-refractivity contribution is 6.30. The molecular weight excluding hydrogens is 324 g/mol. The monoisotopic (exact) mass is 348 g/mol. The van der Waals surface area contributed by atoms with Gasteiger partial charge in [-0.3, -0.25) is 4.79 Å². The van der Waals surface area contributed by atoms with Crippen LogP contribution in [0.3, 0.4) is 0 Å². The summed E-state index contributed by atoms with van der Waals surface area (Å²) >= 11 is 5.93. The summed E-state index contributed by atoms with van der Waals surface area (Å²) in [5.41, 5.74) is 2.87. The van der Waals surface area contributed by atoms with Gasteiger partial charge < -0.3 is 14.2 Å². The van der Waals surface area contributed by atoms with Gasteiger partial charge in [0, 0.05) is 29.5 Å². The highest BCUT2D eigenvalue weighted by atomic mass is 35.5. The van der Waals surface area contributed by atoms with Gasteiger partial charge in [-0.2, -0.15) is 0 Å². The Balaban J connectivity index is 1.99. The van der Waals surface area contributed by atoms with E-state index in [1.165, 1.54) is 0 Å². The minimum atomic E-state index is 0.0182. The normalized spacial score (nSPS) is 11.0. The van der Waals surface area contributed by atoms with Crippen LogP contribution in [0.25, 0.3) is 0 Å². The molecule has 1 heterocycles. The van der Waals surface area contributed by atoms with Gasteiger partial charge >= 0.3 is 0 Å². The van der Waals surface area contributed by atoms with Crippen molar-refractivity contribution in [2.75, 3.05) is 20.2 Å². The van der Waals surface area contributed by atoms with E-state index in [4.69, 9.17) is 16.3 Å². The summed E-state index contributed by atoms with van der Waals surface area (Å²) in [6.45, 7) is 9.21. The first-order chi connectivity index (χ1) is 11.3. The number of ether oxygens (including phenoxy) is 1. The lowest BCUT2D eigenvalue weighted by molar-refractivity contribution is 0.0773. The number of aryl methyl sites for hydroxylation is 1. The van der Waals surface area contributed by atoms with Gasteiger partial charge in [0.05, 0.1) is 12.1 Å². The van der Waals surface area contributed by atoms with Crippen LogP contribution < -0.4 is 4.74 Å². The Morgan fingerprint density at radius 2 is 2.00 bits per heavy atom. The van der Waals surface area contributed by atoms with Gasteiger partial charge in [0.15, 0.2) is 0 Å². The fourth-order valence-corrected chi connectivity index (χ4v) is 3.13. The second kappa shape index (κ2) is 7.75. The zero-order chi connectivity index (χ0) is 17.9. The molecule has 130 valence electrons. The summed E-state index contributed by atoms with van der Waals surface area (Å²) in [7, 11) is 1.80. The average molecular weight is 349 g/mol. The lowest BCUT2D eigenvalue weighted by atomic mass is 10.2. The van der Waals surface area contributed by atoms with Gasteiger partial charge in [0.1, 0.15) is 12.4 Å². The lowest BCUT2D eigenvalue weighted by Gasteiger charge is -2.18. The van der Waals surface area contributed by atoms with Crippen molar-refractivity contribution < 1.29 is 9.53 Å². The number of aromatic nitrogens is 1. The quantitative estimate of drug-likeness (QED) is 0.770. The van der Waals surface area contributed by atoms with E-state index in [2.05, 4.69) is 18.4 Å². The van der Waals surface area contributed by atoms with Gasteiger partial charge in [-0.15, -0.1) is 0 Å². The number of rotatable bonds is 6. The highest BCUT2D eigenvalue weighted by Gasteiger charge is 2.19. The molecule has 0 unspecified atom stereocenters. The van der Waals surface area contributed by atoms with Crippen molar-refractivity contribution in [3.05, 3.63) is 52.3 Å². The minimum Gasteiger partial charge on any atom is -0.492 e. The molecule has 0 saturated heterocycles. The van der Waals surface area contributed by atoms with E-state index in [1.807, 2.05) is 32.0 Å². The number of halogens is 1. The highest BCUT2D eigenvalue weighted by Crippen LogP contribution is 2.21. The molecule has 0 fully saturated rings. The summed E-state index contributed by atoms with van der Waals surface area (Å²) in [6, 6.07) is 9.56. The van der Waals surface area contributed by atoms with E-state index < -0.39 is 0 Å². The van der Waals surface area contributed by atoms with Crippen LogP contribution in [0.4, 0.5) is 0 Å². The molecule has 1 aromatic carbocycles. The molecule has 0 aliphatic carbocycles. The summed E-state index contributed by atoms with van der Waals surface area (Å²) in [4.78, 5) is 14.4. The number of hydrogen-bond acceptors (Lipinski definition) is 2. The molecule has 0 N–H and O–H groups in total. The standard InChI is InChI=1S/C19H25ClN2O2/c1-13(2)22-14(3)11-18(15(22)4)19(23)21(5)9-10-24-17-8-6-7-16(20)12-17/h6-8,11-13H,9-10H2,1-5H3. The maximum Gasteiger partial charge on any atom is 0.255 e. The third-order valence-electron chi connectivity index (χ3n) is 4.07. The fourth-order valence-electron chi connectivity index (χ4n) is 2.95. The van der Waals surface area contributed by atoms with Gasteiger partial charge in [0.25, 0.3) is 5.91 Å². The van der Waals surface area contributed by atoms with Crippen LogP contribution in [0, 0.1) is 13.8 Å². The Morgan fingerprint density at radius 3 is 2.58 bits per heavy atom. The molecule has 4 nitrogen and oxygen atoms in total. The predicted molar refractivity (Wildman–Crippen MR) is 98.2 cm³/mol. The fraction of sp³-hybridized carbons (Fsp3) is 0.421. The van der Waals surface area contributed by atoms with Crippen LogP contribution in [-0.4, -0.2) is 35.6 Å². The Labute approximate surface area is 149 Å². The largest absolute Gasteiger partial charge is 0.492 e. The maximum atomic E-state index is 12.7. The Morgan fingerprint density at radius 1 is 1.29 bits per heavy atom. The third-order valence-corrected chi connectivity index (χ3v) is 4.30. The van der Waals surface area contributed by atoms with Crippen LogP contribution in [0.15, 0.2) is 30.3 Å². The molecule has 0 radical (unpaired) electrons. The van der Waals surface area contributed by atoms with Crippen LogP contribution in [0.1, 0.15) is 41.6 Å². The van der Waals surface area contributed by atoms with E-state index in [-0.39, 0.29) is 5.91 Å². The van der Waals surface area contributed by atoms with Gasteiger partial charge in [-0.25, -0.2) is 0 Å². The van der Waals surface area contributed by atoms with Gasteiger partial charge in [-0.05, 0) is 52.0 Å². The molecule has 1 aromatic heterocycles. The summed E-state index contributed by atoms with van der Waals surface area (Å²) < 4.78 is 7.84. The van der Waals surface area contributed by atoms with E-state index in [1.54, 1.807) is 24.1 Å². The maximum absolute atomic E-state index is 12.7. The number of amides is 1. The number of likely N-dealkylation sites (N-methyl/N-ethyl adjacent to an activating group) is 1. The zero-order valence-electron chi connectivity index (χ0n) is 15.0. The first kappa shape index (κ1) is 18.4. The molecule has 24 heavy (non-hydrogen) atoms. The van der Waals surface area contributed by atoms with Crippen LogP contribution in [0.2, 0.25) is 5.02 Å². The van der Waals surface area contributed by atoms with E-state index in [9.17, 15) is 4.79 Å². The van der Waals surface area contributed by atoms with Crippen LogP contribution >= 0.6 is 11.6 Å². The topological polar surface area (TPSA) is 34.5 Å². The Kier molecular flexibility index (Phi) is 5.94. The molecule has 0 bridgehead atoms. The smallest absolute Gasteiger partial charge is 0.255 e.